The zero-order valence-corrected chi connectivity index (χ0v) is 13.0. The highest BCUT2D eigenvalue weighted by Gasteiger charge is 2.24. The van der Waals surface area contributed by atoms with Gasteiger partial charge in [0.2, 0.25) is 0 Å². The first kappa shape index (κ1) is 14.7. The average Bonchev–Trinajstić information content (AvgIpc) is 3.04. The summed E-state index contributed by atoms with van der Waals surface area (Å²) in [6, 6.07) is 4.67. The van der Waals surface area contributed by atoms with Crippen LogP contribution >= 0.6 is 0 Å². The molecule has 1 saturated heterocycles. The van der Waals surface area contributed by atoms with Crippen molar-refractivity contribution in [3.63, 3.8) is 0 Å². The number of nitrogens with one attached hydrogen (secondary N) is 1. The van der Waals surface area contributed by atoms with Gasteiger partial charge in [-0.15, -0.1) is 0 Å². The van der Waals surface area contributed by atoms with Crippen LogP contribution in [-0.2, 0) is 11.2 Å². The normalized spacial score (nSPS) is 24.7. The lowest BCUT2D eigenvalue weighted by Crippen LogP contribution is -2.30. The zero-order valence-electron chi connectivity index (χ0n) is 13.0. The number of rotatable bonds is 5. The Kier molecular flexibility index (Phi) is 4.66. The minimum atomic E-state index is 0.401. The molecule has 1 aromatic carbocycles. The molecule has 2 aliphatic rings. The first-order valence-corrected chi connectivity index (χ1v) is 7.91. The van der Waals surface area contributed by atoms with Gasteiger partial charge in [-0.3, -0.25) is 0 Å². The van der Waals surface area contributed by atoms with E-state index in [0.29, 0.717) is 12.1 Å². The third-order valence-electron chi connectivity index (χ3n) is 4.61. The summed E-state index contributed by atoms with van der Waals surface area (Å²) in [4.78, 5) is 0. The third kappa shape index (κ3) is 3.16. The maximum absolute atomic E-state index is 5.74. The highest BCUT2D eigenvalue weighted by atomic mass is 16.5. The van der Waals surface area contributed by atoms with E-state index in [0.717, 1.165) is 43.9 Å². The van der Waals surface area contributed by atoms with Crippen LogP contribution in [0.4, 0.5) is 0 Å². The van der Waals surface area contributed by atoms with Gasteiger partial charge in [-0.05, 0) is 61.9 Å². The Labute approximate surface area is 126 Å². The lowest BCUT2D eigenvalue weighted by Gasteiger charge is -2.29. The van der Waals surface area contributed by atoms with E-state index in [9.17, 15) is 0 Å². The van der Waals surface area contributed by atoms with E-state index in [1.807, 2.05) is 0 Å². The standard InChI is InChI=1S/C17H25NO3/c1-19-16-10-12-7-8-18-15(14(12)11-17(16)20-2)6-5-13-4-3-9-21-13/h10-11,13,15,18H,3-9H2,1-2H3. The Morgan fingerprint density at radius 1 is 1.19 bits per heavy atom. The summed E-state index contributed by atoms with van der Waals surface area (Å²) in [7, 11) is 3.39. The van der Waals surface area contributed by atoms with Gasteiger partial charge in [0.15, 0.2) is 11.5 Å². The highest BCUT2D eigenvalue weighted by molar-refractivity contribution is 5.49. The molecule has 0 bridgehead atoms. The lowest BCUT2D eigenvalue weighted by atomic mass is 9.90. The largest absolute Gasteiger partial charge is 0.493 e. The first-order chi connectivity index (χ1) is 10.3. The number of hydrogen-bond donors (Lipinski definition) is 1. The number of hydrogen-bond acceptors (Lipinski definition) is 4. The van der Waals surface area contributed by atoms with Gasteiger partial charge in [0, 0.05) is 12.6 Å². The predicted octanol–water partition coefficient (Wildman–Crippen LogP) is 2.85. The van der Waals surface area contributed by atoms with Crippen molar-refractivity contribution in [2.24, 2.45) is 0 Å². The van der Waals surface area contributed by atoms with Crippen LogP contribution in [0.25, 0.3) is 0 Å². The van der Waals surface area contributed by atoms with Crippen LogP contribution in [0.2, 0.25) is 0 Å². The van der Waals surface area contributed by atoms with Crippen molar-refractivity contribution < 1.29 is 14.2 Å². The Balaban J connectivity index is 1.76. The van der Waals surface area contributed by atoms with Crippen LogP contribution in [0.3, 0.4) is 0 Å². The molecule has 3 rings (SSSR count). The molecule has 116 valence electrons. The van der Waals surface area contributed by atoms with Crippen LogP contribution in [0.15, 0.2) is 12.1 Å². The molecule has 2 aliphatic heterocycles. The van der Waals surface area contributed by atoms with Crippen LogP contribution in [0.1, 0.15) is 42.9 Å². The summed E-state index contributed by atoms with van der Waals surface area (Å²) in [5, 5.41) is 3.64. The van der Waals surface area contributed by atoms with Gasteiger partial charge in [0.25, 0.3) is 0 Å². The summed E-state index contributed by atoms with van der Waals surface area (Å²) < 4.78 is 16.6. The number of methoxy groups -OCH3 is 2. The molecular weight excluding hydrogens is 266 g/mol. The van der Waals surface area contributed by atoms with Crippen molar-refractivity contribution in [1.82, 2.24) is 5.32 Å². The molecule has 2 heterocycles. The average molecular weight is 291 g/mol. The van der Waals surface area contributed by atoms with Crippen molar-refractivity contribution in [1.29, 1.82) is 0 Å². The fourth-order valence-corrected chi connectivity index (χ4v) is 3.45. The van der Waals surface area contributed by atoms with Crippen molar-refractivity contribution >= 4 is 0 Å². The molecule has 2 unspecified atom stereocenters. The van der Waals surface area contributed by atoms with Gasteiger partial charge in [-0.1, -0.05) is 0 Å². The second kappa shape index (κ2) is 6.67. The summed E-state index contributed by atoms with van der Waals surface area (Å²) in [6.45, 7) is 1.96. The van der Waals surface area contributed by atoms with Gasteiger partial charge in [0.05, 0.1) is 20.3 Å². The molecule has 0 aliphatic carbocycles. The van der Waals surface area contributed by atoms with E-state index in [1.54, 1.807) is 14.2 Å². The van der Waals surface area contributed by atoms with Gasteiger partial charge >= 0.3 is 0 Å². The summed E-state index contributed by atoms with van der Waals surface area (Å²) in [5.74, 6) is 1.65. The lowest BCUT2D eigenvalue weighted by molar-refractivity contribution is 0.0993. The minimum Gasteiger partial charge on any atom is -0.493 e. The quantitative estimate of drug-likeness (QED) is 0.905. The summed E-state index contributed by atoms with van der Waals surface area (Å²) in [5.41, 5.74) is 2.74. The second-order valence-electron chi connectivity index (χ2n) is 5.88. The van der Waals surface area contributed by atoms with Crippen LogP contribution in [-0.4, -0.2) is 33.5 Å². The molecule has 0 saturated carbocycles. The van der Waals surface area contributed by atoms with Gasteiger partial charge in [-0.25, -0.2) is 0 Å². The van der Waals surface area contributed by atoms with Crippen LogP contribution in [0, 0.1) is 0 Å². The molecule has 4 nitrogen and oxygen atoms in total. The van der Waals surface area contributed by atoms with E-state index in [-0.39, 0.29) is 0 Å². The van der Waals surface area contributed by atoms with Gasteiger partial charge in [-0.2, -0.15) is 0 Å². The van der Waals surface area contributed by atoms with E-state index in [2.05, 4.69) is 17.4 Å². The van der Waals surface area contributed by atoms with Crippen molar-refractivity contribution in [2.75, 3.05) is 27.4 Å². The summed E-state index contributed by atoms with van der Waals surface area (Å²) >= 11 is 0. The third-order valence-corrected chi connectivity index (χ3v) is 4.61. The SMILES string of the molecule is COc1cc2c(cc1OC)C(CCC1CCCO1)NCC2. The molecule has 2 atom stereocenters. The van der Waals surface area contributed by atoms with E-state index in [4.69, 9.17) is 14.2 Å². The fraction of sp³-hybridized carbons (Fsp3) is 0.647. The van der Waals surface area contributed by atoms with Crippen LogP contribution < -0.4 is 14.8 Å². The molecule has 1 fully saturated rings. The smallest absolute Gasteiger partial charge is 0.161 e. The predicted molar refractivity (Wildman–Crippen MR) is 82.2 cm³/mol. The molecule has 4 heteroatoms. The molecule has 0 radical (unpaired) electrons. The Hall–Kier alpha value is -1.26. The molecule has 0 amide bonds. The maximum Gasteiger partial charge on any atom is 0.161 e. The van der Waals surface area contributed by atoms with E-state index >= 15 is 0 Å². The first-order valence-electron chi connectivity index (χ1n) is 7.91. The minimum absolute atomic E-state index is 0.401. The molecular formula is C17H25NO3. The van der Waals surface area contributed by atoms with Gasteiger partial charge in [0.1, 0.15) is 0 Å². The van der Waals surface area contributed by atoms with Crippen molar-refractivity contribution in [3.05, 3.63) is 23.3 Å². The van der Waals surface area contributed by atoms with Crippen molar-refractivity contribution in [2.45, 2.75) is 44.2 Å². The summed E-state index contributed by atoms with van der Waals surface area (Å²) in [6.07, 6.45) is 6.18. The number of ether oxygens (including phenoxy) is 3. The second-order valence-corrected chi connectivity index (χ2v) is 5.88. The molecule has 1 aromatic rings. The number of benzene rings is 1. The monoisotopic (exact) mass is 291 g/mol. The Bertz CT molecular complexity index is 483. The maximum atomic E-state index is 5.74. The molecule has 1 N–H and O–H groups in total. The van der Waals surface area contributed by atoms with Crippen LogP contribution in [0.5, 0.6) is 11.5 Å². The molecule has 0 spiro atoms. The van der Waals surface area contributed by atoms with E-state index < -0.39 is 0 Å². The highest BCUT2D eigenvalue weighted by Crippen LogP contribution is 2.37. The molecule has 0 aromatic heterocycles. The number of fused-ring (bicyclic) bond motifs is 1. The fourth-order valence-electron chi connectivity index (χ4n) is 3.45. The van der Waals surface area contributed by atoms with Crippen molar-refractivity contribution in [3.8, 4) is 11.5 Å². The Morgan fingerprint density at radius 3 is 2.71 bits per heavy atom. The zero-order chi connectivity index (χ0) is 14.7. The Morgan fingerprint density at radius 2 is 2.00 bits per heavy atom. The molecule has 21 heavy (non-hydrogen) atoms. The topological polar surface area (TPSA) is 39.7 Å². The van der Waals surface area contributed by atoms with Gasteiger partial charge < -0.3 is 19.5 Å². The van der Waals surface area contributed by atoms with E-state index in [1.165, 1.54) is 24.0 Å².